The van der Waals surface area contributed by atoms with E-state index in [1.54, 1.807) is 13.1 Å². The van der Waals surface area contributed by atoms with Crippen LogP contribution in [0.15, 0.2) is 15.9 Å². The Morgan fingerprint density at radius 1 is 1.52 bits per heavy atom. The Labute approximate surface area is 137 Å². The Hall–Kier alpha value is -0.920. The van der Waals surface area contributed by atoms with E-state index in [1.807, 2.05) is 6.07 Å². The topological polar surface area (TPSA) is 61.4 Å². The molecule has 2 rings (SSSR count). The van der Waals surface area contributed by atoms with Crippen LogP contribution in [-0.2, 0) is 4.79 Å². The van der Waals surface area contributed by atoms with Crippen molar-refractivity contribution in [3.05, 3.63) is 20.8 Å². The standard InChI is InChI=1S/C14H20BrN3O2S/c1-9-7-16-6-5-10(9)17-13(19)8-18(2)14(20)11-3-4-12(15)21-11/h3-4,9-10,16H,5-8H2,1-2H3,(H,17,19). The number of nitrogens with one attached hydrogen (secondary N) is 2. The van der Waals surface area contributed by atoms with E-state index in [1.165, 1.54) is 16.2 Å². The van der Waals surface area contributed by atoms with E-state index in [-0.39, 0.29) is 24.4 Å². The van der Waals surface area contributed by atoms with Gasteiger partial charge >= 0.3 is 0 Å². The molecule has 1 fully saturated rings. The zero-order chi connectivity index (χ0) is 15.4. The Balaban J connectivity index is 1.85. The highest BCUT2D eigenvalue weighted by atomic mass is 79.9. The van der Waals surface area contributed by atoms with Gasteiger partial charge < -0.3 is 15.5 Å². The van der Waals surface area contributed by atoms with Crippen molar-refractivity contribution in [1.82, 2.24) is 15.5 Å². The fraction of sp³-hybridized carbons (Fsp3) is 0.571. The summed E-state index contributed by atoms with van der Waals surface area (Å²) in [6.45, 7) is 4.05. The molecule has 1 aromatic heterocycles. The number of hydrogen-bond donors (Lipinski definition) is 2. The second-order valence-electron chi connectivity index (χ2n) is 5.41. The van der Waals surface area contributed by atoms with E-state index in [0.29, 0.717) is 10.8 Å². The molecule has 1 aromatic rings. The summed E-state index contributed by atoms with van der Waals surface area (Å²) in [5, 5.41) is 6.33. The Bertz CT molecular complexity index is 520. The third-order valence-electron chi connectivity index (χ3n) is 3.64. The molecule has 7 heteroatoms. The van der Waals surface area contributed by atoms with Crippen LogP contribution in [0, 0.1) is 5.92 Å². The number of carbonyl (C=O) groups excluding carboxylic acids is 2. The molecule has 1 saturated heterocycles. The number of likely N-dealkylation sites (N-methyl/N-ethyl adjacent to an activating group) is 1. The second-order valence-corrected chi connectivity index (χ2v) is 7.87. The quantitative estimate of drug-likeness (QED) is 0.844. The number of carbonyl (C=O) groups is 2. The smallest absolute Gasteiger partial charge is 0.264 e. The second kappa shape index (κ2) is 7.38. The monoisotopic (exact) mass is 373 g/mol. The normalized spacial score (nSPS) is 21.9. The van der Waals surface area contributed by atoms with E-state index < -0.39 is 0 Å². The predicted molar refractivity (Wildman–Crippen MR) is 87.6 cm³/mol. The number of amides is 2. The molecule has 0 bridgehead atoms. The third-order valence-corrected chi connectivity index (χ3v) is 5.25. The average Bonchev–Trinajstić information content (AvgIpc) is 2.87. The van der Waals surface area contributed by atoms with Gasteiger partial charge in [0.05, 0.1) is 15.2 Å². The van der Waals surface area contributed by atoms with Crippen molar-refractivity contribution < 1.29 is 9.59 Å². The van der Waals surface area contributed by atoms with Gasteiger partial charge in [-0.15, -0.1) is 11.3 Å². The highest BCUT2D eigenvalue weighted by Crippen LogP contribution is 2.23. The van der Waals surface area contributed by atoms with Gasteiger partial charge in [-0.05, 0) is 53.5 Å². The summed E-state index contributed by atoms with van der Waals surface area (Å²) < 4.78 is 0.909. The molecule has 1 aliphatic rings. The zero-order valence-electron chi connectivity index (χ0n) is 12.2. The molecule has 0 spiro atoms. The molecule has 0 radical (unpaired) electrons. The van der Waals surface area contributed by atoms with Crippen LogP contribution in [-0.4, -0.2) is 49.4 Å². The summed E-state index contributed by atoms with van der Waals surface area (Å²) >= 11 is 4.71. The van der Waals surface area contributed by atoms with Gasteiger partial charge in [-0.1, -0.05) is 6.92 Å². The zero-order valence-corrected chi connectivity index (χ0v) is 14.6. The maximum atomic E-state index is 12.2. The van der Waals surface area contributed by atoms with Crippen LogP contribution in [0.25, 0.3) is 0 Å². The summed E-state index contributed by atoms with van der Waals surface area (Å²) in [7, 11) is 1.65. The molecule has 2 atom stereocenters. The molecule has 0 aromatic carbocycles. The highest BCUT2D eigenvalue weighted by molar-refractivity contribution is 9.11. The lowest BCUT2D eigenvalue weighted by Crippen LogP contribution is -2.50. The summed E-state index contributed by atoms with van der Waals surface area (Å²) in [5.41, 5.74) is 0. The first-order valence-corrected chi connectivity index (χ1v) is 8.59. The summed E-state index contributed by atoms with van der Waals surface area (Å²) in [6.07, 6.45) is 0.933. The van der Waals surface area contributed by atoms with Gasteiger partial charge in [0.2, 0.25) is 5.91 Å². The summed E-state index contributed by atoms with van der Waals surface area (Å²) in [4.78, 5) is 26.3. The van der Waals surface area contributed by atoms with Gasteiger partial charge in [0, 0.05) is 13.1 Å². The van der Waals surface area contributed by atoms with Gasteiger partial charge in [0.25, 0.3) is 5.91 Å². The number of halogens is 1. The van der Waals surface area contributed by atoms with Crippen LogP contribution < -0.4 is 10.6 Å². The Morgan fingerprint density at radius 2 is 2.29 bits per heavy atom. The molecule has 2 amide bonds. The van der Waals surface area contributed by atoms with E-state index in [4.69, 9.17) is 0 Å². The maximum absolute atomic E-state index is 12.2. The van der Waals surface area contributed by atoms with Crippen molar-refractivity contribution in [1.29, 1.82) is 0 Å². The Morgan fingerprint density at radius 3 is 2.90 bits per heavy atom. The van der Waals surface area contributed by atoms with Crippen LogP contribution in [0.5, 0.6) is 0 Å². The number of piperidine rings is 1. The van der Waals surface area contributed by atoms with Gasteiger partial charge in [0.1, 0.15) is 0 Å². The van der Waals surface area contributed by atoms with E-state index in [2.05, 4.69) is 33.5 Å². The van der Waals surface area contributed by atoms with Crippen LogP contribution >= 0.6 is 27.3 Å². The van der Waals surface area contributed by atoms with Crippen molar-refractivity contribution in [2.45, 2.75) is 19.4 Å². The molecule has 1 aliphatic heterocycles. The molecule has 2 N–H and O–H groups in total. The first-order valence-electron chi connectivity index (χ1n) is 6.98. The van der Waals surface area contributed by atoms with Crippen molar-refractivity contribution in [3.8, 4) is 0 Å². The molecule has 0 saturated carbocycles. The first-order chi connectivity index (χ1) is 9.97. The lowest BCUT2D eigenvalue weighted by Gasteiger charge is -2.30. The SMILES string of the molecule is CC1CNCCC1NC(=O)CN(C)C(=O)c1ccc(Br)s1. The Kier molecular flexibility index (Phi) is 5.78. The van der Waals surface area contributed by atoms with Gasteiger partial charge in [-0.2, -0.15) is 0 Å². The summed E-state index contributed by atoms with van der Waals surface area (Å²) in [5.74, 6) is 0.191. The number of rotatable bonds is 4. The van der Waals surface area contributed by atoms with Crippen LogP contribution in [0.1, 0.15) is 23.0 Å². The molecule has 2 heterocycles. The van der Waals surface area contributed by atoms with E-state index in [9.17, 15) is 9.59 Å². The largest absolute Gasteiger partial charge is 0.351 e. The fourth-order valence-corrected chi connectivity index (χ4v) is 3.77. The predicted octanol–water partition coefficient (Wildman–Crippen LogP) is 1.70. The minimum atomic E-state index is -0.126. The van der Waals surface area contributed by atoms with Crippen molar-refractivity contribution >= 4 is 39.1 Å². The molecule has 2 unspecified atom stereocenters. The van der Waals surface area contributed by atoms with Gasteiger partial charge in [0.15, 0.2) is 0 Å². The van der Waals surface area contributed by atoms with Gasteiger partial charge in [-0.3, -0.25) is 9.59 Å². The van der Waals surface area contributed by atoms with E-state index in [0.717, 1.165) is 23.3 Å². The van der Waals surface area contributed by atoms with Crippen molar-refractivity contribution in [2.24, 2.45) is 5.92 Å². The molecule has 21 heavy (non-hydrogen) atoms. The lowest BCUT2D eigenvalue weighted by atomic mass is 9.95. The number of hydrogen-bond acceptors (Lipinski definition) is 4. The molecule has 0 aliphatic carbocycles. The molecule has 116 valence electrons. The fourth-order valence-electron chi connectivity index (χ4n) is 2.39. The summed E-state index contributed by atoms with van der Waals surface area (Å²) in [6, 6.07) is 3.79. The van der Waals surface area contributed by atoms with Crippen LogP contribution in [0.2, 0.25) is 0 Å². The van der Waals surface area contributed by atoms with E-state index >= 15 is 0 Å². The number of nitrogens with zero attached hydrogens (tertiary/aromatic N) is 1. The van der Waals surface area contributed by atoms with Crippen LogP contribution in [0.3, 0.4) is 0 Å². The average molecular weight is 374 g/mol. The van der Waals surface area contributed by atoms with Crippen molar-refractivity contribution in [3.63, 3.8) is 0 Å². The molecular weight excluding hydrogens is 354 g/mol. The molecule has 5 nitrogen and oxygen atoms in total. The minimum absolute atomic E-state index is 0.0883. The lowest BCUT2D eigenvalue weighted by molar-refractivity contribution is -0.122. The first kappa shape index (κ1) is 16.5. The van der Waals surface area contributed by atoms with Gasteiger partial charge in [-0.25, -0.2) is 0 Å². The number of thiophene rings is 1. The highest BCUT2D eigenvalue weighted by Gasteiger charge is 2.24. The molecular formula is C14H20BrN3O2S. The van der Waals surface area contributed by atoms with Crippen molar-refractivity contribution in [2.75, 3.05) is 26.7 Å². The minimum Gasteiger partial charge on any atom is -0.351 e. The maximum Gasteiger partial charge on any atom is 0.264 e. The van der Waals surface area contributed by atoms with Crippen LogP contribution in [0.4, 0.5) is 0 Å². The third kappa shape index (κ3) is 4.52.